The molecule has 0 aliphatic rings. The average molecular weight is 289 g/mol. The van der Waals surface area contributed by atoms with Crippen molar-refractivity contribution in [2.24, 2.45) is 5.73 Å². The maximum Gasteiger partial charge on any atom is 0.338 e. The molecule has 1 aromatic heterocycles. The molecule has 110 valence electrons. The van der Waals surface area contributed by atoms with E-state index in [1.54, 1.807) is 31.2 Å². The number of ether oxygens (including phenoxy) is 1. The van der Waals surface area contributed by atoms with E-state index in [0.717, 1.165) is 5.56 Å². The highest BCUT2D eigenvalue weighted by atomic mass is 16.5. The van der Waals surface area contributed by atoms with Crippen molar-refractivity contribution < 1.29 is 19.4 Å². The summed E-state index contributed by atoms with van der Waals surface area (Å²) < 4.78 is 6.33. The maximum atomic E-state index is 11.5. The van der Waals surface area contributed by atoms with Crippen molar-refractivity contribution >= 4 is 11.9 Å². The number of carbonyl (C=O) groups is 2. The van der Waals surface area contributed by atoms with Crippen molar-refractivity contribution in [2.45, 2.75) is 13.5 Å². The van der Waals surface area contributed by atoms with Crippen LogP contribution in [0.15, 0.2) is 30.6 Å². The zero-order chi connectivity index (χ0) is 15.4. The second-order valence-corrected chi connectivity index (χ2v) is 4.33. The van der Waals surface area contributed by atoms with Crippen molar-refractivity contribution in [2.75, 3.05) is 6.61 Å². The molecule has 3 N–H and O–H groups in total. The Balaban J connectivity index is 2.18. The normalized spacial score (nSPS) is 10.3. The van der Waals surface area contributed by atoms with Crippen molar-refractivity contribution in [3.8, 4) is 5.88 Å². The molecule has 1 aromatic carbocycles. The average Bonchev–Trinajstić information content (AvgIpc) is 2.81. The molecule has 0 aliphatic carbocycles. The first-order valence-electron chi connectivity index (χ1n) is 6.33. The van der Waals surface area contributed by atoms with E-state index < -0.39 is 11.8 Å². The van der Waals surface area contributed by atoms with E-state index in [1.165, 1.54) is 10.9 Å². The lowest BCUT2D eigenvalue weighted by atomic mass is 10.1. The Kier molecular flexibility index (Phi) is 4.22. The zero-order valence-corrected chi connectivity index (χ0v) is 11.4. The Labute approximate surface area is 121 Å². The molecule has 0 saturated carbocycles. The van der Waals surface area contributed by atoms with Crippen LogP contribution in [0.2, 0.25) is 0 Å². The number of nitrogens with zero attached hydrogens (tertiary/aromatic N) is 2. The molecule has 0 saturated heterocycles. The summed E-state index contributed by atoms with van der Waals surface area (Å²) in [5, 5.41) is 9.46. The summed E-state index contributed by atoms with van der Waals surface area (Å²) in [6.45, 7) is 2.36. The minimum atomic E-state index is -0.756. The fraction of sp³-hybridized carbons (Fsp3) is 0.214. The quantitative estimate of drug-likeness (QED) is 0.795. The Bertz CT molecular complexity index is 661. The molecule has 21 heavy (non-hydrogen) atoms. The lowest BCUT2D eigenvalue weighted by molar-refractivity contribution is 0.0526. The van der Waals surface area contributed by atoms with Gasteiger partial charge in [0.05, 0.1) is 18.5 Å². The number of benzene rings is 1. The molecule has 0 fully saturated rings. The number of hydrogen-bond acceptors (Lipinski definition) is 5. The second-order valence-electron chi connectivity index (χ2n) is 4.33. The van der Waals surface area contributed by atoms with Gasteiger partial charge in [0.25, 0.3) is 5.91 Å². The largest absolute Gasteiger partial charge is 0.492 e. The van der Waals surface area contributed by atoms with Gasteiger partial charge in [-0.25, -0.2) is 9.78 Å². The van der Waals surface area contributed by atoms with Gasteiger partial charge in [-0.3, -0.25) is 4.79 Å². The Morgan fingerprint density at radius 3 is 2.57 bits per heavy atom. The number of aromatic nitrogens is 2. The highest BCUT2D eigenvalue weighted by Crippen LogP contribution is 2.16. The van der Waals surface area contributed by atoms with E-state index >= 15 is 0 Å². The van der Waals surface area contributed by atoms with Gasteiger partial charge in [0.2, 0.25) is 5.88 Å². The number of hydrogen-bond donors (Lipinski definition) is 2. The Hall–Kier alpha value is -2.83. The molecule has 0 atom stereocenters. The minimum Gasteiger partial charge on any atom is -0.492 e. The molecule has 7 nitrogen and oxygen atoms in total. The van der Waals surface area contributed by atoms with Gasteiger partial charge in [-0.1, -0.05) is 12.1 Å². The lowest BCUT2D eigenvalue weighted by Crippen LogP contribution is -2.17. The topological polar surface area (TPSA) is 107 Å². The third-order valence-electron chi connectivity index (χ3n) is 2.87. The molecule has 1 heterocycles. The van der Waals surface area contributed by atoms with Crippen LogP contribution in [0.3, 0.4) is 0 Å². The van der Waals surface area contributed by atoms with Crippen LogP contribution >= 0.6 is 0 Å². The predicted octanol–water partition coefficient (Wildman–Crippen LogP) is 0.913. The Morgan fingerprint density at radius 1 is 1.33 bits per heavy atom. The van der Waals surface area contributed by atoms with Gasteiger partial charge in [-0.15, -0.1) is 0 Å². The summed E-state index contributed by atoms with van der Waals surface area (Å²) in [5.74, 6) is -1.54. The van der Waals surface area contributed by atoms with Crippen molar-refractivity contribution in [3.05, 3.63) is 47.4 Å². The molecule has 7 heteroatoms. The molecular weight excluding hydrogens is 274 g/mol. The summed E-state index contributed by atoms with van der Waals surface area (Å²) in [6, 6.07) is 6.73. The number of primary amides is 1. The van der Waals surface area contributed by atoms with Gasteiger partial charge < -0.3 is 20.1 Å². The molecular formula is C14H15N3O4. The summed E-state index contributed by atoms with van der Waals surface area (Å²) in [7, 11) is 0. The number of esters is 1. The van der Waals surface area contributed by atoms with Crippen LogP contribution in [0.5, 0.6) is 5.88 Å². The Morgan fingerprint density at radius 2 is 2.00 bits per heavy atom. The van der Waals surface area contributed by atoms with E-state index in [9.17, 15) is 14.7 Å². The van der Waals surface area contributed by atoms with Crippen LogP contribution in [0, 0.1) is 0 Å². The van der Waals surface area contributed by atoms with Gasteiger partial charge in [0.15, 0.2) is 5.69 Å². The number of amides is 1. The molecule has 0 bridgehead atoms. The standard InChI is InChI=1S/C14H15N3O4/c1-2-21-14(20)10-5-3-9(4-6-10)7-17-8-16-13(19)11(17)12(15)18/h3-6,8,19H,2,7H2,1H3,(H2,15,18). The molecule has 0 aliphatic heterocycles. The van der Waals surface area contributed by atoms with Crippen LogP contribution in [-0.2, 0) is 11.3 Å². The predicted molar refractivity (Wildman–Crippen MR) is 73.9 cm³/mol. The van der Waals surface area contributed by atoms with Gasteiger partial charge in [0, 0.05) is 6.54 Å². The third-order valence-corrected chi connectivity index (χ3v) is 2.87. The lowest BCUT2D eigenvalue weighted by Gasteiger charge is -2.07. The first kappa shape index (κ1) is 14.6. The van der Waals surface area contributed by atoms with Gasteiger partial charge in [0.1, 0.15) is 0 Å². The summed E-state index contributed by atoms with van der Waals surface area (Å²) in [4.78, 5) is 26.4. The first-order chi connectivity index (χ1) is 10.0. The summed E-state index contributed by atoms with van der Waals surface area (Å²) in [5.41, 5.74) is 6.41. The highest BCUT2D eigenvalue weighted by molar-refractivity contribution is 5.93. The summed E-state index contributed by atoms with van der Waals surface area (Å²) >= 11 is 0. The molecule has 0 spiro atoms. The molecule has 2 aromatic rings. The monoisotopic (exact) mass is 289 g/mol. The van der Waals surface area contributed by atoms with Gasteiger partial charge in [-0.05, 0) is 24.6 Å². The zero-order valence-electron chi connectivity index (χ0n) is 11.4. The van der Waals surface area contributed by atoms with Crippen molar-refractivity contribution in [1.29, 1.82) is 0 Å². The smallest absolute Gasteiger partial charge is 0.338 e. The number of nitrogens with two attached hydrogens (primary N) is 1. The van der Waals surface area contributed by atoms with Gasteiger partial charge in [-0.2, -0.15) is 0 Å². The van der Waals surface area contributed by atoms with Crippen LogP contribution in [-0.4, -0.2) is 33.1 Å². The fourth-order valence-electron chi connectivity index (χ4n) is 1.90. The number of carbonyl (C=O) groups excluding carboxylic acids is 2. The fourth-order valence-corrected chi connectivity index (χ4v) is 1.90. The number of rotatable bonds is 5. The van der Waals surface area contributed by atoms with Crippen LogP contribution in [0.4, 0.5) is 0 Å². The number of aromatic hydroxyl groups is 1. The van der Waals surface area contributed by atoms with Crippen LogP contribution in [0.25, 0.3) is 0 Å². The minimum absolute atomic E-state index is 0.0514. The summed E-state index contributed by atoms with van der Waals surface area (Å²) in [6.07, 6.45) is 1.33. The van der Waals surface area contributed by atoms with E-state index in [4.69, 9.17) is 10.5 Å². The maximum absolute atomic E-state index is 11.5. The van der Waals surface area contributed by atoms with Crippen molar-refractivity contribution in [1.82, 2.24) is 9.55 Å². The molecule has 0 radical (unpaired) electrons. The SMILES string of the molecule is CCOC(=O)c1ccc(Cn2cnc(O)c2C(N)=O)cc1. The molecule has 1 amide bonds. The molecule has 0 unspecified atom stereocenters. The van der Waals surface area contributed by atoms with E-state index in [2.05, 4.69) is 4.98 Å². The van der Waals surface area contributed by atoms with Crippen LogP contribution in [0.1, 0.15) is 33.3 Å². The van der Waals surface area contributed by atoms with Gasteiger partial charge >= 0.3 is 5.97 Å². The molecule has 2 rings (SSSR count). The van der Waals surface area contributed by atoms with E-state index in [1.807, 2.05) is 0 Å². The third kappa shape index (κ3) is 3.19. The van der Waals surface area contributed by atoms with Crippen molar-refractivity contribution in [3.63, 3.8) is 0 Å². The second kappa shape index (κ2) is 6.08. The van der Waals surface area contributed by atoms with E-state index in [0.29, 0.717) is 18.7 Å². The number of imidazole rings is 1. The van der Waals surface area contributed by atoms with Crippen LogP contribution < -0.4 is 5.73 Å². The first-order valence-corrected chi connectivity index (χ1v) is 6.33. The van der Waals surface area contributed by atoms with E-state index in [-0.39, 0.29) is 11.7 Å². The highest BCUT2D eigenvalue weighted by Gasteiger charge is 2.15.